The molecule has 0 aliphatic carbocycles. The molecule has 26 heavy (non-hydrogen) atoms. The fraction of sp³-hybridized carbons (Fsp3) is 0. The summed E-state index contributed by atoms with van der Waals surface area (Å²) in [6.45, 7) is 0. The molecule has 0 fully saturated rings. The van der Waals surface area contributed by atoms with E-state index in [1.165, 1.54) is 6.07 Å². The number of benzene rings is 3. The minimum atomic E-state index is -0.879. The van der Waals surface area contributed by atoms with E-state index < -0.39 is 5.97 Å². The van der Waals surface area contributed by atoms with Gasteiger partial charge in [0.05, 0.1) is 10.6 Å². The summed E-state index contributed by atoms with van der Waals surface area (Å²) < 4.78 is 5.45. The molecule has 0 unspecified atom stereocenters. The summed E-state index contributed by atoms with van der Waals surface area (Å²) in [4.78, 5) is 10.2. The van der Waals surface area contributed by atoms with Crippen molar-refractivity contribution >= 4 is 40.8 Å². The Hall–Kier alpha value is -2.40. The standard InChI is InChI=1S/C12H7Cl3O2.C7H6O2/c13-7-1-3-11(9(15)5-7)17-12-4-2-8(14)6-10(12)16;8-7(9)6-4-2-1-3-5-6/h1-6,16H;1-5H,(H,8,9). The SMILES string of the molecule is O=C(O)c1ccccc1.Oc1cc(Cl)ccc1Oc1ccc(Cl)cc1Cl. The van der Waals surface area contributed by atoms with Crippen molar-refractivity contribution in [1.29, 1.82) is 0 Å². The molecule has 0 heterocycles. The van der Waals surface area contributed by atoms with E-state index >= 15 is 0 Å². The van der Waals surface area contributed by atoms with Gasteiger partial charge in [0, 0.05) is 16.1 Å². The zero-order chi connectivity index (χ0) is 19.1. The van der Waals surface area contributed by atoms with Crippen molar-refractivity contribution in [3.63, 3.8) is 0 Å². The van der Waals surface area contributed by atoms with Crippen LogP contribution in [-0.2, 0) is 0 Å². The number of carboxylic acid groups (broad SMARTS) is 1. The average molecular weight is 412 g/mol. The van der Waals surface area contributed by atoms with Gasteiger partial charge in [-0.25, -0.2) is 4.79 Å². The van der Waals surface area contributed by atoms with Gasteiger partial charge >= 0.3 is 5.97 Å². The van der Waals surface area contributed by atoms with Crippen LogP contribution >= 0.6 is 34.8 Å². The van der Waals surface area contributed by atoms with Crippen LogP contribution in [0, 0.1) is 0 Å². The maximum Gasteiger partial charge on any atom is 0.335 e. The van der Waals surface area contributed by atoms with E-state index in [0.29, 0.717) is 26.4 Å². The van der Waals surface area contributed by atoms with Gasteiger partial charge in [0.1, 0.15) is 5.75 Å². The Bertz CT molecular complexity index is 849. The molecule has 0 spiro atoms. The molecule has 0 aliphatic rings. The highest BCUT2D eigenvalue weighted by Gasteiger charge is 2.08. The van der Waals surface area contributed by atoms with Crippen LogP contribution in [-0.4, -0.2) is 16.2 Å². The zero-order valence-corrected chi connectivity index (χ0v) is 15.5. The summed E-state index contributed by atoms with van der Waals surface area (Å²) >= 11 is 17.4. The first-order valence-electron chi connectivity index (χ1n) is 7.26. The number of rotatable bonds is 3. The van der Waals surface area contributed by atoms with Crippen LogP contribution < -0.4 is 4.74 Å². The predicted molar refractivity (Wildman–Crippen MR) is 103 cm³/mol. The number of halogens is 3. The third-order valence-corrected chi connectivity index (χ3v) is 3.82. The highest BCUT2D eigenvalue weighted by atomic mass is 35.5. The number of carbonyl (C=O) groups is 1. The minimum absolute atomic E-state index is 0.0523. The number of aromatic carboxylic acids is 1. The van der Waals surface area contributed by atoms with Gasteiger partial charge in [-0.3, -0.25) is 0 Å². The fourth-order valence-electron chi connectivity index (χ4n) is 1.83. The lowest BCUT2D eigenvalue weighted by Crippen LogP contribution is -1.93. The van der Waals surface area contributed by atoms with Crippen molar-refractivity contribution in [1.82, 2.24) is 0 Å². The molecule has 3 aromatic carbocycles. The first-order valence-corrected chi connectivity index (χ1v) is 8.40. The lowest BCUT2D eigenvalue weighted by Gasteiger charge is -2.09. The van der Waals surface area contributed by atoms with Crippen LogP contribution in [0.3, 0.4) is 0 Å². The summed E-state index contributed by atoms with van der Waals surface area (Å²) in [7, 11) is 0. The van der Waals surface area contributed by atoms with Gasteiger partial charge in [0.2, 0.25) is 0 Å². The van der Waals surface area contributed by atoms with Gasteiger partial charge in [-0.15, -0.1) is 0 Å². The first kappa shape index (κ1) is 19.9. The van der Waals surface area contributed by atoms with Gasteiger partial charge in [0.15, 0.2) is 11.5 Å². The van der Waals surface area contributed by atoms with Crippen molar-refractivity contribution in [2.75, 3.05) is 0 Å². The Balaban J connectivity index is 0.000000228. The van der Waals surface area contributed by atoms with E-state index in [9.17, 15) is 9.90 Å². The molecule has 3 rings (SSSR count). The third kappa shape index (κ3) is 5.85. The van der Waals surface area contributed by atoms with E-state index in [-0.39, 0.29) is 11.5 Å². The normalized spacial score (nSPS) is 9.81. The monoisotopic (exact) mass is 410 g/mol. The van der Waals surface area contributed by atoms with Gasteiger partial charge in [-0.1, -0.05) is 53.0 Å². The van der Waals surface area contributed by atoms with Gasteiger partial charge in [-0.2, -0.15) is 0 Å². The van der Waals surface area contributed by atoms with Gasteiger partial charge in [0.25, 0.3) is 0 Å². The molecule has 0 radical (unpaired) electrons. The third-order valence-electron chi connectivity index (χ3n) is 3.06. The smallest absolute Gasteiger partial charge is 0.335 e. The predicted octanol–water partition coefficient (Wildman–Crippen LogP) is 6.53. The van der Waals surface area contributed by atoms with Crippen molar-refractivity contribution in [3.05, 3.63) is 87.4 Å². The number of hydrogen-bond donors (Lipinski definition) is 2. The van der Waals surface area contributed by atoms with Crippen LogP contribution in [0.2, 0.25) is 15.1 Å². The molecule has 0 aromatic heterocycles. The van der Waals surface area contributed by atoms with Crippen molar-refractivity contribution in [3.8, 4) is 17.2 Å². The van der Waals surface area contributed by atoms with Crippen LogP contribution in [0.1, 0.15) is 10.4 Å². The van der Waals surface area contributed by atoms with Crippen LogP contribution in [0.15, 0.2) is 66.7 Å². The first-order chi connectivity index (χ1) is 12.4. The molecule has 0 saturated carbocycles. The van der Waals surface area contributed by atoms with Crippen molar-refractivity contribution in [2.45, 2.75) is 0 Å². The molecule has 0 bridgehead atoms. The summed E-state index contributed by atoms with van der Waals surface area (Å²) in [5.74, 6) is -0.244. The molecule has 134 valence electrons. The molecule has 4 nitrogen and oxygen atoms in total. The number of hydrogen-bond acceptors (Lipinski definition) is 3. The van der Waals surface area contributed by atoms with Crippen molar-refractivity contribution in [2.24, 2.45) is 0 Å². The largest absolute Gasteiger partial charge is 0.504 e. The molecular weight excluding hydrogens is 399 g/mol. The maximum absolute atomic E-state index is 10.2. The fourth-order valence-corrected chi connectivity index (χ4v) is 2.45. The zero-order valence-electron chi connectivity index (χ0n) is 13.2. The Morgan fingerprint density at radius 3 is 1.88 bits per heavy atom. The molecule has 0 saturated heterocycles. The lowest BCUT2D eigenvalue weighted by molar-refractivity contribution is 0.0697. The molecule has 0 aliphatic heterocycles. The summed E-state index contributed by atoms with van der Waals surface area (Å²) in [5.41, 5.74) is 0.331. The highest BCUT2D eigenvalue weighted by Crippen LogP contribution is 2.36. The second-order valence-electron chi connectivity index (χ2n) is 4.96. The van der Waals surface area contributed by atoms with Crippen LogP contribution in [0.4, 0.5) is 0 Å². The molecule has 2 N–H and O–H groups in total. The maximum atomic E-state index is 10.2. The van der Waals surface area contributed by atoms with E-state index in [1.807, 2.05) is 0 Å². The molecule has 0 amide bonds. The van der Waals surface area contributed by atoms with E-state index in [4.69, 9.17) is 44.6 Å². The summed E-state index contributed by atoms with van der Waals surface area (Å²) in [5, 5.41) is 19.3. The van der Waals surface area contributed by atoms with E-state index in [1.54, 1.807) is 60.7 Å². The number of aromatic hydroxyl groups is 1. The molecule has 0 atom stereocenters. The second-order valence-corrected chi connectivity index (χ2v) is 6.24. The summed E-state index contributed by atoms with van der Waals surface area (Å²) in [6.07, 6.45) is 0. The molecule has 7 heteroatoms. The Kier molecular flexibility index (Phi) is 7.16. The number of phenols is 1. The Morgan fingerprint density at radius 2 is 1.38 bits per heavy atom. The number of ether oxygens (including phenoxy) is 1. The van der Waals surface area contributed by atoms with Crippen molar-refractivity contribution < 1.29 is 19.7 Å². The highest BCUT2D eigenvalue weighted by molar-refractivity contribution is 6.35. The average Bonchev–Trinajstić information content (AvgIpc) is 2.61. The Labute approximate surface area is 165 Å². The van der Waals surface area contributed by atoms with Crippen LogP contribution in [0.5, 0.6) is 17.2 Å². The van der Waals surface area contributed by atoms with E-state index in [2.05, 4.69) is 0 Å². The molecule has 3 aromatic rings. The second kappa shape index (κ2) is 9.34. The Morgan fingerprint density at radius 1 is 0.808 bits per heavy atom. The number of phenolic OH excluding ortho intramolecular Hbond substituents is 1. The van der Waals surface area contributed by atoms with Crippen LogP contribution in [0.25, 0.3) is 0 Å². The quantitative estimate of drug-likeness (QED) is 0.514. The van der Waals surface area contributed by atoms with Gasteiger partial charge < -0.3 is 14.9 Å². The summed E-state index contributed by atoms with van der Waals surface area (Å²) in [6, 6.07) is 17.7. The lowest BCUT2D eigenvalue weighted by atomic mass is 10.2. The van der Waals surface area contributed by atoms with Gasteiger partial charge in [-0.05, 0) is 42.5 Å². The minimum Gasteiger partial charge on any atom is -0.504 e. The number of carboxylic acids is 1. The topological polar surface area (TPSA) is 66.8 Å². The molecular formula is C19H13Cl3O4. The van der Waals surface area contributed by atoms with E-state index in [0.717, 1.165) is 0 Å².